The van der Waals surface area contributed by atoms with E-state index in [-0.39, 0.29) is 5.91 Å². The molecule has 26 heavy (non-hydrogen) atoms. The summed E-state index contributed by atoms with van der Waals surface area (Å²) in [5.74, 6) is 0.497. The van der Waals surface area contributed by atoms with Gasteiger partial charge < -0.3 is 10.2 Å². The molecule has 5 heteroatoms. The molecule has 0 spiro atoms. The fourth-order valence-electron chi connectivity index (χ4n) is 3.47. The molecule has 1 N–H and O–H groups in total. The number of hydrogen-bond acceptors (Lipinski definition) is 4. The number of amides is 1. The summed E-state index contributed by atoms with van der Waals surface area (Å²) in [6.45, 7) is 2.47. The van der Waals surface area contributed by atoms with Crippen LogP contribution in [-0.2, 0) is 6.54 Å². The van der Waals surface area contributed by atoms with Crippen molar-refractivity contribution in [2.24, 2.45) is 0 Å². The molecule has 1 amide bonds. The number of aromatic nitrogens is 2. The Balaban J connectivity index is 1.70. The van der Waals surface area contributed by atoms with Crippen molar-refractivity contribution in [3.8, 4) is 0 Å². The third-order valence-electron chi connectivity index (χ3n) is 4.87. The Morgan fingerprint density at radius 1 is 1.12 bits per heavy atom. The van der Waals surface area contributed by atoms with E-state index in [0.29, 0.717) is 24.2 Å². The zero-order valence-electron chi connectivity index (χ0n) is 15.7. The molecule has 1 aromatic carbocycles. The summed E-state index contributed by atoms with van der Waals surface area (Å²) in [5, 5.41) is 3.45. The summed E-state index contributed by atoms with van der Waals surface area (Å²) in [6, 6.07) is 12.2. The third kappa shape index (κ3) is 5.04. The van der Waals surface area contributed by atoms with Gasteiger partial charge in [-0.1, -0.05) is 56.0 Å². The van der Waals surface area contributed by atoms with E-state index in [0.717, 1.165) is 24.1 Å². The molecule has 3 rings (SSSR count). The molecular formula is C21H28N4O. The molecule has 138 valence electrons. The fourth-order valence-corrected chi connectivity index (χ4v) is 3.47. The number of nitrogens with one attached hydrogen (secondary N) is 1. The second-order valence-electron chi connectivity index (χ2n) is 7.20. The summed E-state index contributed by atoms with van der Waals surface area (Å²) in [5.41, 5.74) is 2.37. The Kier molecular flexibility index (Phi) is 6.21. The van der Waals surface area contributed by atoms with Gasteiger partial charge >= 0.3 is 0 Å². The number of aryl methyl sites for hydroxylation is 1. The van der Waals surface area contributed by atoms with Gasteiger partial charge in [-0.25, -0.2) is 9.97 Å². The first-order valence-corrected chi connectivity index (χ1v) is 9.53. The maximum atomic E-state index is 12.8. The molecule has 1 aliphatic carbocycles. The Bertz CT molecular complexity index is 724. The Morgan fingerprint density at radius 2 is 1.81 bits per heavy atom. The van der Waals surface area contributed by atoms with E-state index in [9.17, 15) is 4.79 Å². The van der Waals surface area contributed by atoms with Crippen LogP contribution in [0, 0.1) is 6.92 Å². The first-order valence-electron chi connectivity index (χ1n) is 9.53. The lowest BCUT2D eigenvalue weighted by Gasteiger charge is -2.19. The van der Waals surface area contributed by atoms with Crippen molar-refractivity contribution in [3.05, 3.63) is 53.3 Å². The molecule has 2 aromatic rings. The topological polar surface area (TPSA) is 58.1 Å². The van der Waals surface area contributed by atoms with Gasteiger partial charge in [0.1, 0.15) is 5.69 Å². The lowest BCUT2D eigenvalue weighted by molar-refractivity contribution is 0.0779. The van der Waals surface area contributed by atoms with Gasteiger partial charge in [0, 0.05) is 25.3 Å². The van der Waals surface area contributed by atoms with Gasteiger partial charge in [0.05, 0.1) is 0 Å². The molecule has 0 atom stereocenters. The predicted molar refractivity (Wildman–Crippen MR) is 104 cm³/mol. The lowest BCUT2D eigenvalue weighted by Crippen LogP contribution is -2.28. The van der Waals surface area contributed by atoms with Crippen LogP contribution < -0.4 is 5.32 Å². The summed E-state index contributed by atoms with van der Waals surface area (Å²) < 4.78 is 0. The Labute approximate surface area is 155 Å². The van der Waals surface area contributed by atoms with Crippen LogP contribution in [0.15, 0.2) is 36.4 Å². The average molecular weight is 352 g/mol. The first-order chi connectivity index (χ1) is 12.6. The summed E-state index contributed by atoms with van der Waals surface area (Å²) in [7, 11) is 1.81. The lowest BCUT2D eigenvalue weighted by atomic mass is 10.1. The summed E-state index contributed by atoms with van der Waals surface area (Å²) >= 11 is 0. The molecule has 0 aliphatic heterocycles. The normalized spacial score (nSPS) is 15.3. The SMILES string of the molecule is Cc1cc(C(=O)N(C)Cc2ccccc2)nc(NC2CCCCCC2)n1. The molecule has 1 fully saturated rings. The zero-order chi connectivity index (χ0) is 18.4. The van der Waals surface area contributed by atoms with Crippen molar-refractivity contribution in [3.63, 3.8) is 0 Å². The van der Waals surface area contributed by atoms with Crippen LogP contribution in [0.3, 0.4) is 0 Å². The van der Waals surface area contributed by atoms with Crippen LogP contribution in [0.25, 0.3) is 0 Å². The molecule has 1 heterocycles. The van der Waals surface area contributed by atoms with Gasteiger partial charge in [0.15, 0.2) is 0 Å². The largest absolute Gasteiger partial charge is 0.351 e. The van der Waals surface area contributed by atoms with E-state index in [1.54, 1.807) is 11.0 Å². The van der Waals surface area contributed by atoms with Crippen molar-refractivity contribution >= 4 is 11.9 Å². The van der Waals surface area contributed by atoms with Crippen LogP contribution in [0.5, 0.6) is 0 Å². The van der Waals surface area contributed by atoms with Crippen molar-refractivity contribution in [1.29, 1.82) is 0 Å². The number of anilines is 1. The quantitative estimate of drug-likeness (QED) is 0.820. The van der Waals surface area contributed by atoms with Gasteiger partial charge in [-0.05, 0) is 31.4 Å². The van der Waals surface area contributed by atoms with E-state index in [1.807, 2.05) is 44.3 Å². The van der Waals surface area contributed by atoms with Crippen LogP contribution in [0.1, 0.15) is 60.3 Å². The van der Waals surface area contributed by atoms with E-state index in [1.165, 1.54) is 25.7 Å². The first kappa shape index (κ1) is 18.4. The van der Waals surface area contributed by atoms with E-state index in [2.05, 4.69) is 15.3 Å². The van der Waals surface area contributed by atoms with Gasteiger partial charge in [0.2, 0.25) is 5.95 Å². The van der Waals surface area contributed by atoms with E-state index in [4.69, 9.17) is 0 Å². The molecule has 1 aromatic heterocycles. The standard InChI is InChI=1S/C21H28N4O/c1-16-14-19(20(26)25(2)15-17-10-6-5-7-11-17)24-21(22-16)23-18-12-8-3-4-9-13-18/h5-7,10-11,14,18H,3-4,8-9,12-13,15H2,1-2H3,(H,22,23,24). The van der Waals surface area contributed by atoms with E-state index >= 15 is 0 Å². The monoisotopic (exact) mass is 352 g/mol. The molecular weight excluding hydrogens is 324 g/mol. The van der Waals surface area contributed by atoms with Crippen molar-refractivity contribution in [2.45, 2.75) is 58.0 Å². The maximum Gasteiger partial charge on any atom is 0.272 e. The number of hydrogen-bond donors (Lipinski definition) is 1. The molecule has 5 nitrogen and oxygen atoms in total. The molecule has 1 aliphatic rings. The predicted octanol–water partition coefficient (Wildman–Crippen LogP) is 4.19. The second kappa shape index (κ2) is 8.79. The second-order valence-corrected chi connectivity index (χ2v) is 7.20. The van der Waals surface area contributed by atoms with Gasteiger partial charge in [-0.2, -0.15) is 0 Å². The highest BCUT2D eigenvalue weighted by Crippen LogP contribution is 2.20. The van der Waals surface area contributed by atoms with Gasteiger partial charge in [-0.3, -0.25) is 4.79 Å². The average Bonchev–Trinajstić information content (AvgIpc) is 2.90. The molecule has 0 saturated heterocycles. The van der Waals surface area contributed by atoms with Gasteiger partial charge in [0.25, 0.3) is 5.91 Å². The molecule has 0 unspecified atom stereocenters. The highest BCUT2D eigenvalue weighted by Gasteiger charge is 2.18. The van der Waals surface area contributed by atoms with Gasteiger partial charge in [-0.15, -0.1) is 0 Å². The smallest absolute Gasteiger partial charge is 0.272 e. The van der Waals surface area contributed by atoms with E-state index < -0.39 is 0 Å². The Morgan fingerprint density at radius 3 is 2.50 bits per heavy atom. The molecule has 1 saturated carbocycles. The number of rotatable bonds is 5. The van der Waals surface area contributed by atoms with Crippen LogP contribution in [0.2, 0.25) is 0 Å². The summed E-state index contributed by atoms with van der Waals surface area (Å²) in [4.78, 5) is 23.5. The summed E-state index contributed by atoms with van der Waals surface area (Å²) in [6.07, 6.45) is 7.40. The highest BCUT2D eigenvalue weighted by atomic mass is 16.2. The van der Waals surface area contributed by atoms with Crippen molar-refractivity contribution in [2.75, 3.05) is 12.4 Å². The molecule has 0 radical (unpaired) electrons. The van der Waals surface area contributed by atoms with Crippen molar-refractivity contribution < 1.29 is 4.79 Å². The van der Waals surface area contributed by atoms with Crippen molar-refractivity contribution in [1.82, 2.24) is 14.9 Å². The minimum absolute atomic E-state index is 0.0803. The fraction of sp³-hybridized carbons (Fsp3) is 0.476. The minimum Gasteiger partial charge on any atom is -0.351 e. The van der Waals surface area contributed by atoms with Crippen LogP contribution >= 0.6 is 0 Å². The van der Waals surface area contributed by atoms with Crippen LogP contribution in [-0.4, -0.2) is 33.9 Å². The molecule has 0 bridgehead atoms. The number of benzene rings is 1. The Hall–Kier alpha value is -2.43. The third-order valence-corrected chi connectivity index (χ3v) is 4.87. The number of carbonyl (C=O) groups is 1. The zero-order valence-corrected chi connectivity index (χ0v) is 15.7. The number of carbonyl (C=O) groups excluding carboxylic acids is 1. The maximum absolute atomic E-state index is 12.8. The minimum atomic E-state index is -0.0803. The number of nitrogens with zero attached hydrogens (tertiary/aromatic N) is 3. The highest BCUT2D eigenvalue weighted by molar-refractivity contribution is 5.92. The van der Waals surface area contributed by atoms with Crippen LogP contribution in [0.4, 0.5) is 5.95 Å².